The van der Waals surface area contributed by atoms with Crippen molar-refractivity contribution in [1.29, 1.82) is 0 Å². The van der Waals surface area contributed by atoms with E-state index in [2.05, 4.69) is 113 Å². The number of benzene rings is 5. The minimum Gasteiger partial charge on any atom is -0.341 e. The number of guanidine groups is 12. The lowest BCUT2D eigenvalue weighted by molar-refractivity contribution is 0.455. The van der Waals surface area contributed by atoms with Gasteiger partial charge in [0.2, 0.25) is 71.5 Å². The van der Waals surface area contributed by atoms with E-state index in [4.69, 9.17) is 59.9 Å². The molecule has 11 rings (SSSR count). The lowest BCUT2D eigenvalue weighted by Gasteiger charge is -2.35. The van der Waals surface area contributed by atoms with E-state index in [0.29, 0.717) is 71.5 Å². The molecule has 0 radical (unpaired) electrons. The number of para-hydroxylation sites is 4. The van der Waals surface area contributed by atoms with Crippen molar-refractivity contribution in [1.82, 2.24) is 29.4 Å². The van der Waals surface area contributed by atoms with Gasteiger partial charge >= 0.3 is 0 Å². The Labute approximate surface area is 469 Å². The van der Waals surface area contributed by atoms with Gasteiger partial charge in [0.25, 0.3) is 0 Å². The Hall–Kier alpha value is -9.46. The Morgan fingerprint density at radius 3 is 0.637 bits per heavy atom. The average molecular weight is 1070 g/mol. The van der Waals surface area contributed by atoms with E-state index >= 15 is 0 Å². The van der Waals surface area contributed by atoms with Gasteiger partial charge in [0.15, 0.2) is 0 Å². The van der Waals surface area contributed by atoms with Gasteiger partial charge in [0.1, 0.15) is 0 Å². The summed E-state index contributed by atoms with van der Waals surface area (Å²) in [5.74, 6) is 6.04. The van der Waals surface area contributed by atoms with Crippen molar-refractivity contribution < 1.29 is 0 Å². The number of anilines is 4. The van der Waals surface area contributed by atoms with Gasteiger partial charge in [-0.3, -0.25) is 9.80 Å². The van der Waals surface area contributed by atoms with Gasteiger partial charge in [0, 0.05) is 75.1 Å². The fourth-order valence-electron chi connectivity index (χ4n) is 9.01. The Morgan fingerprint density at radius 2 is 0.438 bits per heavy atom. The number of rotatable bonds is 12. The highest BCUT2D eigenvalue weighted by Gasteiger charge is 2.40. The van der Waals surface area contributed by atoms with Gasteiger partial charge < -0.3 is 19.6 Å². The van der Waals surface area contributed by atoms with Crippen LogP contribution in [0, 0.1) is 13.8 Å². The Balaban J connectivity index is 0.000000170. The zero-order valence-electron chi connectivity index (χ0n) is 47.5. The third-order valence-electron chi connectivity index (χ3n) is 13.5. The molecular weight excluding hydrogens is 1000 g/mol. The number of hydrogen-bond acceptors (Lipinski definition) is 20. The largest absolute Gasteiger partial charge is 0.341 e. The van der Waals surface area contributed by atoms with Gasteiger partial charge in [-0.05, 0) is 118 Å². The van der Waals surface area contributed by atoms with Gasteiger partial charge in [0.05, 0.1) is 0 Å². The predicted octanol–water partition coefficient (Wildman–Crippen LogP) is 10.3. The summed E-state index contributed by atoms with van der Waals surface area (Å²) in [4.78, 5) is 73.8. The molecule has 5 aromatic rings. The first kappa shape index (κ1) is 55.3. The summed E-state index contributed by atoms with van der Waals surface area (Å²) >= 11 is 0. The summed E-state index contributed by atoms with van der Waals surface area (Å²) in [6.07, 6.45) is 0. The molecule has 0 amide bonds. The lowest BCUT2D eigenvalue weighted by Crippen LogP contribution is -2.52. The first-order valence-corrected chi connectivity index (χ1v) is 27.6. The molecule has 80 heavy (non-hydrogen) atoms. The molecule has 0 spiro atoms. The number of aryl methyl sites for hydroxylation is 2. The summed E-state index contributed by atoms with van der Waals surface area (Å²) in [7, 11) is 0. The molecule has 0 aliphatic carbocycles. The fraction of sp³-hybridized carbons (Fsp3) is 0.300. The van der Waals surface area contributed by atoms with Crippen molar-refractivity contribution in [2.24, 2.45) is 59.9 Å². The van der Waals surface area contributed by atoms with E-state index in [0.717, 1.165) is 75.1 Å². The van der Waals surface area contributed by atoms with Gasteiger partial charge in [-0.1, -0.05) is 108 Å². The van der Waals surface area contributed by atoms with Gasteiger partial charge in [-0.15, -0.1) is 0 Å². The maximum Gasteiger partial charge on any atom is 0.246 e. The highest BCUT2D eigenvalue weighted by molar-refractivity contribution is 6.33. The van der Waals surface area contributed by atoms with E-state index in [1.807, 2.05) is 131 Å². The lowest BCUT2D eigenvalue weighted by atomic mass is 10.2. The Morgan fingerprint density at radius 1 is 0.250 bits per heavy atom. The predicted molar refractivity (Wildman–Crippen MR) is 331 cm³/mol. The molecule has 0 unspecified atom stereocenters. The van der Waals surface area contributed by atoms with Gasteiger partial charge in [-0.25, -0.2) is 9.80 Å². The normalized spacial score (nSPS) is 15.4. The molecule has 0 N–H and O–H groups in total. The average Bonchev–Trinajstić information content (AvgIpc) is 3.54. The highest BCUT2D eigenvalue weighted by atomic mass is 15.6. The van der Waals surface area contributed by atoms with Crippen molar-refractivity contribution in [3.63, 3.8) is 0 Å². The van der Waals surface area contributed by atoms with Crippen LogP contribution in [0.15, 0.2) is 206 Å². The molecule has 0 aromatic heterocycles. The summed E-state index contributed by atoms with van der Waals surface area (Å²) in [5.41, 5.74) is 6.41. The second kappa shape index (κ2) is 25.8. The number of nitrogens with zero attached hydrogens (tertiary/aromatic N) is 20. The van der Waals surface area contributed by atoms with Crippen molar-refractivity contribution in [3.8, 4) is 0 Å². The summed E-state index contributed by atoms with van der Waals surface area (Å²) in [6.45, 7) is 27.0. The van der Waals surface area contributed by atoms with Crippen LogP contribution < -0.4 is 9.80 Å². The molecule has 6 aliphatic heterocycles. The second-order valence-electron chi connectivity index (χ2n) is 18.5. The number of hydrogen-bond donors (Lipinski definition) is 0. The molecule has 5 aromatic carbocycles. The number of aliphatic imine (C=N–C) groups is 12. The van der Waals surface area contributed by atoms with Crippen molar-refractivity contribution in [3.05, 3.63) is 157 Å². The Kier molecular flexibility index (Phi) is 17.8. The molecule has 6 heterocycles. The van der Waals surface area contributed by atoms with Crippen LogP contribution in [-0.2, 0) is 0 Å². The summed E-state index contributed by atoms with van der Waals surface area (Å²) < 4.78 is 0. The molecule has 0 saturated carbocycles. The van der Waals surface area contributed by atoms with E-state index in [9.17, 15) is 0 Å². The van der Waals surface area contributed by atoms with Crippen LogP contribution in [0.3, 0.4) is 0 Å². The zero-order chi connectivity index (χ0) is 56.1. The van der Waals surface area contributed by atoms with Crippen LogP contribution in [0.2, 0.25) is 0 Å². The van der Waals surface area contributed by atoms with E-state index in [1.54, 1.807) is 9.80 Å². The van der Waals surface area contributed by atoms with Crippen LogP contribution in [0.1, 0.15) is 66.5 Å². The molecule has 0 fully saturated rings. The first-order chi connectivity index (χ1) is 39.1. The van der Waals surface area contributed by atoms with Crippen LogP contribution in [0.25, 0.3) is 0 Å². The van der Waals surface area contributed by atoms with Crippen LogP contribution >= 0.6 is 0 Å². The molecule has 0 saturated heterocycles. The molecule has 0 atom stereocenters. The van der Waals surface area contributed by atoms with E-state index in [1.165, 1.54) is 11.1 Å². The quantitative estimate of drug-likeness (QED) is 0.119. The van der Waals surface area contributed by atoms with Crippen LogP contribution in [-0.4, -0.2) is 153 Å². The van der Waals surface area contributed by atoms with Crippen molar-refractivity contribution in [2.75, 3.05) is 62.2 Å². The Bertz CT molecular complexity index is 3010. The second-order valence-corrected chi connectivity index (χ2v) is 18.5. The molecular formula is C60H70N20. The summed E-state index contributed by atoms with van der Waals surface area (Å²) in [5, 5.41) is 0. The van der Waals surface area contributed by atoms with Crippen LogP contribution in [0.4, 0.5) is 22.7 Å². The molecule has 0 bridgehead atoms. The molecule has 20 heteroatoms. The van der Waals surface area contributed by atoms with Gasteiger partial charge in [-0.2, -0.15) is 59.9 Å². The first-order valence-electron chi connectivity index (χ1n) is 27.6. The topological polar surface area (TPSA) is 174 Å². The zero-order valence-corrected chi connectivity index (χ0v) is 47.5. The third kappa shape index (κ3) is 12.1. The fourth-order valence-corrected chi connectivity index (χ4v) is 9.01. The third-order valence-corrected chi connectivity index (χ3v) is 13.5. The maximum absolute atomic E-state index is 4.91. The van der Waals surface area contributed by atoms with E-state index < -0.39 is 0 Å². The van der Waals surface area contributed by atoms with Crippen LogP contribution in [0.5, 0.6) is 0 Å². The van der Waals surface area contributed by atoms with Crippen molar-refractivity contribution >= 4 is 94.3 Å². The van der Waals surface area contributed by atoms with Crippen molar-refractivity contribution in [2.45, 2.75) is 69.2 Å². The van der Waals surface area contributed by atoms with E-state index in [-0.39, 0.29) is 0 Å². The molecule has 20 nitrogen and oxygen atoms in total. The smallest absolute Gasteiger partial charge is 0.246 e. The highest BCUT2D eigenvalue weighted by Crippen LogP contribution is 2.31. The standard InChI is InChI=1S/2C26H30N10.C8H10/c2*1-5-33(6-2)21-27-24-28-22(34(7-3)8-4)30-26-32-23(31-25(29-21)36(24)26)35(19-15-11-9-12-16-19)20-17-13-10-14-18-20;1-7-3-5-8(2)6-4-7/h2*9-18H,5-8H2,1-4H3;3-6H,1-2H3. The molecule has 410 valence electrons. The SMILES string of the molecule is CCN(CC)C1=NC2=NC(N(CC)CC)=NC3=NC(N(c4ccccc4)c4ccccc4)=NC(=N1)N23.CCN(CC)C1=NC2=NC(N(CC)CC)=NC3=NC(N(c4ccccc4)c4ccccc4)=NC(=N1)N23.Cc1ccc(C)cc1. The molecule has 6 aliphatic rings. The monoisotopic (exact) mass is 1070 g/mol. The maximum atomic E-state index is 4.91. The minimum atomic E-state index is 0.449. The minimum absolute atomic E-state index is 0.449. The summed E-state index contributed by atoms with van der Waals surface area (Å²) in [6, 6.07) is 48.7.